The Morgan fingerprint density at radius 1 is 1.53 bits per heavy atom. The summed E-state index contributed by atoms with van der Waals surface area (Å²) in [4.78, 5) is 23.2. The van der Waals surface area contributed by atoms with Gasteiger partial charge in [-0.15, -0.1) is 0 Å². The third-order valence-electron chi connectivity index (χ3n) is 2.06. The minimum absolute atomic E-state index is 0.342. The first-order chi connectivity index (χ1) is 7.00. The molecule has 0 bridgehead atoms. The summed E-state index contributed by atoms with van der Waals surface area (Å²) >= 11 is 1.71. The summed E-state index contributed by atoms with van der Waals surface area (Å²) in [5.41, 5.74) is 0. The van der Waals surface area contributed by atoms with E-state index in [2.05, 4.69) is 5.32 Å². The van der Waals surface area contributed by atoms with Crippen molar-refractivity contribution in [2.45, 2.75) is 19.4 Å². The minimum atomic E-state index is -1.00. The van der Waals surface area contributed by atoms with E-state index in [0.717, 1.165) is 12.2 Å². The number of carbonyl (C=O) groups is 2. The predicted octanol–water partition coefficient (Wildman–Crippen LogP) is 0.854. The van der Waals surface area contributed by atoms with Gasteiger partial charge in [0.15, 0.2) is 0 Å². The van der Waals surface area contributed by atoms with Crippen molar-refractivity contribution in [1.82, 2.24) is 10.2 Å². The molecule has 0 aliphatic carbocycles. The van der Waals surface area contributed by atoms with Crippen molar-refractivity contribution < 1.29 is 14.7 Å². The number of nitrogens with zero attached hydrogens (tertiary/aromatic N) is 1. The normalized spacial score (nSPS) is 11.9. The molecule has 0 aliphatic rings. The second-order valence-electron chi connectivity index (χ2n) is 3.20. The standard InChI is InChI=1S/C9H18N2O3S/c1-7(8(12)13)11(2)9(14)10-5-4-6-15-3/h7H,4-6H2,1-3H3,(H,10,14)(H,12,13). The van der Waals surface area contributed by atoms with E-state index in [-0.39, 0.29) is 6.03 Å². The summed E-state index contributed by atoms with van der Waals surface area (Å²) in [5.74, 6) is -0.0184. The molecular weight excluding hydrogens is 216 g/mol. The highest BCUT2D eigenvalue weighted by molar-refractivity contribution is 7.98. The summed E-state index contributed by atoms with van der Waals surface area (Å²) in [6.45, 7) is 2.06. The lowest BCUT2D eigenvalue weighted by Crippen LogP contribution is -2.46. The first-order valence-corrected chi connectivity index (χ1v) is 6.12. The van der Waals surface area contributed by atoms with Gasteiger partial charge in [-0.2, -0.15) is 11.8 Å². The number of urea groups is 1. The maximum Gasteiger partial charge on any atom is 0.326 e. The van der Waals surface area contributed by atoms with E-state index in [1.807, 2.05) is 6.26 Å². The van der Waals surface area contributed by atoms with Crippen LogP contribution in [0.4, 0.5) is 4.79 Å². The molecule has 0 heterocycles. The fourth-order valence-corrected chi connectivity index (χ4v) is 1.31. The molecule has 0 saturated heterocycles. The Hall–Kier alpha value is -0.910. The monoisotopic (exact) mass is 234 g/mol. The zero-order chi connectivity index (χ0) is 11.8. The molecule has 0 rings (SSSR count). The molecule has 1 atom stereocenters. The maximum absolute atomic E-state index is 11.4. The SMILES string of the molecule is CSCCCNC(=O)N(C)C(C)C(=O)O. The predicted molar refractivity (Wildman–Crippen MR) is 61.3 cm³/mol. The van der Waals surface area contributed by atoms with Gasteiger partial charge in [0, 0.05) is 13.6 Å². The Kier molecular flexibility index (Phi) is 6.94. The van der Waals surface area contributed by atoms with Crippen LogP contribution in [0.15, 0.2) is 0 Å². The van der Waals surface area contributed by atoms with Gasteiger partial charge in [-0.3, -0.25) is 0 Å². The fraction of sp³-hybridized carbons (Fsp3) is 0.778. The van der Waals surface area contributed by atoms with Crippen molar-refractivity contribution in [3.8, 4) is 0 Å². The molecule has 1 unspecified atom stereocenters. The fourth-order valence-electron chi connectivity index (χ4n) is 0.878. The molecule has 2 amide bonds. The average Bonchev–Trinajstić information content (AvgIpc) is 2.21. The number of carbonyl (C=O) groups excluding carboxylic acids is 1. The van der Waals surface area contributed by atoms with E-state index in [9.17, 15) is 9.59 Å². The number of carboxylic acid groups (broad SMARTS) is 1. The van der Waals surface area contributed by atoms with E-state index in [4.69, 9.17) is 5.11 Å². The number of rotatable bonds is 6. The van der Waals surface area contributed by atoms with Crippen molar-refractivity contribution in [1.29, 1.82) is 0 Å². The van der Waals surface area contributed by atoms with Gasteiger partial charge in [0.2, 0.25) is 0 Å². The van der Waals surface area contributed by atoms with Gasteiger partial charge in [-0.25, -0.2) is 9.59 Å². The Labute approximate surface area is 94.2 Å². The van der Waals surface area contributed by atoms with Gasteiger partial charge in [0.1, 0.15) is 6.04 Å². The molecule has 0 aromatic rings. The third kappa shape index (κ3) is 5.51. The molecule has 0 aromatic carbocycles. The van der Waals surface area contributed by atoms with E-state index >= 15 is 0 Å². The van der Waals surface area contributed by atoms with Gasteiger partial charge < -0.3 is 15.3 Å². The van der Waals surface area contributed by atoms with Crippen LogP contribution >= 0.6 is 11.8 Å². The molecule has 0 fully saturated rings. The van der Waals surface area contributed by atoms with Gasteiger partial charge in [-0.1, -0.05) is 0 Å². The maximum atomic E-state index is 11.4. The highest BCUT2D eigenvalue weighted by atomic mass is 32.2. The average molecular weight is 234 g/mol. The van der Waals surface area contributed by atoms with Gasteiger partial charge in [0.05, 0.1) is 0 Å². The van der Waals surface area contributed by atoms with E-state index in [0.29, 0.717) is 6.54 Å². The first kappa shape index (κ1) is 14.1. The molecule has 6 heteroatoms. The van der Waals surface area contributed by atoms with Crippen LogP contribution in [0.5, 0.6) is 0 Å². The molecule has 0 aliphatic heterocycles. The van der Waals surface area contributed by atoms with Gasteiger partial charge >= 0.3 is 12.0 Å². The number of nitrogens with one attached hydrogen (secondary N) is 1. The first-order valence-electron chi connectivity index (χ1n) is 4.73. The minimum Gasteiger partial charge on any atom is -0.480 e. The summed E-state index contributed by atoms with van der Waals surface area (Å²) in [6.07, 6.45) is 2.89. The van der Waals surface area contributed by atoms with Crippen molar-refractivity contribution in [2.24, 2.45) is 0 Å². The topological polar surface area (TPSA) is 69.6 Å². The van der Waals surface area contributed by atoms with Crippen LogP contribution in [-0.4, -0.2) is 53.6 Å². The highest BCUT2D eigenvalue weighted by Gasteiger charge is 2.20. The molecular formula is C9H18N2O3S. The van der Waals surface area contributed by atoms with E-state index in [1.54, 1.807) is 11.8 Å². The van der Waals surface area contributed by atoms with Crippen molar-refractivity contribution >= 4 is 23.8 Å². The smallest absolute Gasteiger partial charge is 0.326 e. The van der Waals surface area contributed by atoms with Crippen LogP contribution in [0, 0.1) is 0 Å². The molecule has 0 spiro atoms. The van der Waals surface area contributed by atoms with E-state index < -0.39 is 12.0 Å². The molecule has 5 nitrogen and oxygen atoms in total. The van der Waals surface area contributed by atoms with Crippen LogP contribution in [0.2, 0.25) is 0 Å². The van der Waals surface area contributed by atoms with Crippen LogP contribution in [-0.2, 0) is 4.79 Å². The Balaban J connectivity index is 3.84. The number of hydrogen-bond donors (Lipinski definition) is 2. The Morgan fingerprint density at radius 2 is 2.13 bits per heavy atom. The van der Waals surface area contributed by atoms with Gasteiger partial charge in [0.25, 0.3) is 0 Å². The van der Waals surface area contributed by atoms with Crippen molar-refractivity contribution in [2.75, 3.05) is 25.6 Å². The van der Waals surface area contributed by atoms with Crippen LogP contribution in [0.3, 0.4) is 0 Å². The van der Waals surface area contributed by atoms with Crippen LogP contribution in [0.1, 0.15) is 13.3 Å². The van der Waals surface area contributed by atoms with Crippen LogP contribution in [0.25, 0.3) is 0 Å². The lowest BCUT2D eigenvalue weighted by Gasteiger charge is -2.21. The zero-order valence-electron chi connectivity index (χ0n) is 9.32. The highest BCUT2D eigenvalue weighted by Crippen LogP contribution is 1.97. The number of hydrogen-bond acceptors (Lipinski definition) is 3. The Morgan fingerprint density at radius 3 is 2.60 bits per heavy atom. The number of carboxylic acids is 1. The summed E-state index contributed by atoms with van der Waals surface area (Å²) in [6, 6.07) is -1.14. The third-order valence-corrected chi connectivity index (χ3v) is 2.76. The Bertz CT molecular complexity index is 223. The molecule has 15 heavy (non-hydrogen) atoms. The van der Waals surface area contributed by atoms with Crippen molar-refractivity contribution in [3.63, 3.8) is 0 Å². The number of thioether (sulfide) groups is 1. The number of likely N-dealkylation sites (N-methyl/N-ethyl adjacent to an activating group) is 1. The molecule has 0 saturated carbocycles. The second kappa shape index (κ2) is 7.39. The summed E-state index contributed by atoms with van der Waals surface area (Å²) in [7, 11) is 1.47. The largest absolute Gasteiger partial charge is 0.480 e. The number of amides is 2. The van der Waals surface area contributed by atoms with Crippen LogP contribution < -0.4 is 5.32 Å². The van der Waals surface area contributed by atoms with Crippen molar-refractivity contribution in [3.05, 3.63) is 0 Å². The quantitative estimate of drug-likeness (QED) is 0.669. The van der Waals surface area contributed by atoms with E-state index in [1.165, 1.54) is 18.9 Å². The molecule has 0 radical (unpaired) electrons. The summed E-state index contributed by atoms with van der Waals surface area (Å²) < 4.78 is 0. The zero-order valence-corrected chi connectivity index (χ0v) is 10.1. The second-order valence-corrected chi connectivity index (χ2v) is 4.19. The molecule has 88 valence electrons. The molecule has 0 aromatic heterocycles. The lowest BCUT2D eigenvalue weighted by atomic mass is 10.3. The lowest BCUT2D eigenvalue weighted by molar-refractivity contribution is -0.141. The summed E-state index contributed by atoms with van der Waals surface area (Å²) in [5, 5.41) is 11.3. The number of aliphatic carboxylic acids is 1. The molecule has 2 N–H and O–H groups in total. The van der Waals surface area contributed by atoms with Gasteiger partial charge in [-0.05, 0) is 25.4 Å².